The lowest BCUT2D eigenvalue weighted by atomic mass is 9.88. The van der Waals surface area contributed by atoms with Gasteiger partial charge in [0.2, 0.25) is 0 Å². The van der Waals surface area contributed by atoms with Gasteiger partial charge >= 0.3 is 0 Å². The lowest BCUT2D eigenvalue weighted by Crippen LogP contribution is -2.04. The Labute approximate surface area is 77.1 Å². The van der Waals surface area contributed by atoms with Gasteiger partial charge < -0.3 is 0 Å². The maximum atomic E-state index is 4.25. The van der Waals surface area contributed by atoms with Crippen molar-refractivity contribution < 1.29 is 0 Å². The maximum Gasteiger partial charge on any atom is -0.0203 e. The topological polar surface area (TPSA) is 0 Å². The van der Waals surface area contributed by atoms with Crippen LogP contribution in [0, 0.1) is 11.8 Å². The number of hydrogen-bond acceptors (Lipinski definition) is 0. The molecule has 0 N–H and O–H groups in total. The van der Waals surface area contributed by atoms with Crippen LogP contribution in [0.15, 0.2) is 12.2 Å². The minimum absolute atomic E-state index is 0.840. The average molecular weight is 166 g/mol. The number of hydrogen-bond donors (Lipinski definition) is 0. The summed E-state index contributed by atoms with van der Waals surface area (Å²) in [6.45, 7) is 8.82. The van der Waals surface area contributed by atoms with Gasteiger partial charge in [0.05, 0.1) is 0 Å². The van der Waals surface area contributed by atoms with Crippen LogP contribution in [0.5, 0.6) is 0 Å². The Morgan fingerprint density at radius 1 is 1.25 bits per heavy atom. The molecule has 0 nitrogen and oxygen atoms in total. The van der Waals surface area contributed by atoms with E-state index in [0.717, 1.165) is 11.8 Å². The van der Waals surface area contributed by atoms with Crippen LogP contribution in [0.1, 0.15) is 52.4 Å². The van der Waals surface area contributed by atoms with Crippen molar-refractivity contribution in [3.63, 3.8) is 0 Å². The second-order valence-corrected chi connectivity index (χ2v) is 4.12. The zero-order valence-electron chi connectivity index (χ0n) is 8.60. The molecule has 1 saturated carbocycles. The molecule has 1 aliphatic rings. The SMILES string of the molecule is C=C(C(CCC)CCC)C1CC1. The van der Waals surface area contributed by atoms with E-state index < -0.39 is 0 Å². The molecule has 70 valence electrons. The van der Waals surface area contributed by atoms with E-state index in [0.29, 0.717) is 0 Å². The van der Waals surface area contributed by atoms with Gasteiger partial charge in [-0.2, -0.15) is 0 Å². The molecule has 0 radical (unpaired) electrons. The number of allylic oxidation sites excluding steroid dienone is 1. The van der Waals surface area contributed by atoms with Gasteiger partial charge in [-0.25, -0.2) is 0 Å². The minimum atomic E-state index is 0.840. The van der Waals surface area contributed by atoms with Gasteiger partial charge in [-0.3, -0.25) is 0 Å². The van der Waals surface area contributed by atoms with Crippen molar-refractivity contribution >= 4 is 0 Å². The smallest absolute Gasteiger partial charge is 0.0203 e. The van der Waals surface area contributed by atoms with Crippen molar-refractivity contribution in [2.24, 2.45) is 11.8 Å². The van der Waals surface area contributed by atoms with Crippen LogP contribution < -0.4 is 0 Å². The quantitative estimate of drug-likeness (QED) is 0.519. The van der Waals surface area contributed by atoms with Gasteiger partial charge in [-0.15, -0.1) is 0 Å². The van der Waals surface area contributed by atoms with Gasteiger partial charge in [0.25, 0.3) is 0 Å². The summed E-state index contributed by atoms with van der Waals surface area (Å²) in [4.78, 5) is 0. The molecule has 0 aromatic heterocycles. The van der Waals surface area contributed by atoms with E-state index in [-0.39, 0.29) is 0 Å². The van der Waals surface area contributed by atoms with Crippen molar-refractivity contribution in [2.45, 2.75) is 52.4 Å². The Balaban J connectivity index is 2.33. The summed E-state index contributed by atoms with van der Waals surface area (Å²) >= 11 is 0. The Hall–Kier alpha value is -0.260. The zero-order valence-corrected chi connectivity index (χ0v) is 8.60. The highest BCUT2D eigenvalue weighted by atomic mass is 14.3. The van der Waals surface area contributed by atoms with Crippen LogP contribution in [0.2, 0.25) is 0 Å². The zero-order chi connectivity index (χ0) is 8.97. The Kier molecular flexibility index (Phi) is 3.84. The van der Waals surface area contributed by atoms with E-state index in [4.69, 9.17) is 0 Å². The molecule has 0 unspecified atom stereocenters. The first-order chi connectivity index (χ1) is 5.79. The van der Waals surface area contributed by atoms with Crippen LogP contribution in [0.4, 0.5) is 0 Å². The van der Waals surface area contributed by atoms with Crippen molar-refractivity contribution in [3.8, 4) is 0 Å². The highest BCUT2D eigenvalue weighted by Crippen LogP contribution is 2.41. The summed E-state index contributed by atoms with van der Waals surface area (Å²) in [6.07, 6.45) is 8.20. The highest BCUT2D eigenvalue weighted by molar-refractivity contribution is 5.11. The number of rotatable bonds is 6. The fourth-order valence-corrected chi connectivity index (χ4v) is 2.00. The Morgan fingerprint density at radius 2 is 1.75 bits per heavy atom. The third kappa shape index (κ3) is 2.66. The molecule has 0 aromatic rings. The molecule has 0 aromatic carbocycles. The van der Waals surface area contributed by atoms with Crippen molar-refractivity contribution in [2.75, 3.05) is 0 Å². The molecular weight excluding hydrogens is 144 g/mol. The largest absolute Gasteiger partial charge is 0.0993 e. The summed E-state index contributed by atoms with van der Waals surface area (Å²) in [5, 5.41) is 0. The Bertz CT molecular complexity index is 136. The van der Waals surface area contributed by atoms with Crippen molar-refractivity contribution in [1.29, 1.82) is 0 Å². The highest BCUT2D eigenvalue weighted by Gasteiger charge is 2.28. The molecule has 1 rings (SSSR count). The Morgan fingerprint density at radius 3 is 2.08 bits per heavy atom. The lowest BCUT2D eigenvalue weighted by molar-refractivity contribution is 0.486. The van der Waals surface area contributed by atoms with Gasteiger partial charge in [0.15, 0.2) is 0 Å². The molecule has 0 saturated heterocycles. The molecule has 0 aliphatic heterocycles. The minimum Gasteiger partial charge on any atom is -0.0993 e. The van der Waals surface area contributed by atoms with Crippen molar-refractivity contribution in [3.05, 3.63) is 12.2 Å². The van der Waals surface area contributed by atoms with E-state index in [9.17, 15) is 0 Å². The molecular formula is C12H22. The normalized spacial score (nSPS) is 16.9. The molecule has 0 amide bonds. The van der Waals surface area contributed by atoms with E-state index >= 15 is 0 Å². The second-order valence-electron chi connectivity index (χ2n) is 4.12. The van der Waals surface area contributed by atoms with Crippen LogP contribution in [-0.2, 0) is 0 Å². The summed E-state index contributed by atoms with van der Waals surface area (Å²) < 4.78 is 0. The second kappa shape index (κ2) is 4.69. The third-order valence-electron chi connectivity index (χ3n) is 2.90. The van der Waals surface area contributed by atoms with Crippen LogP contribution in [-0.4, -0.2) is 0 Å². The van der Waals surface area contributed by atoms with Gasteiger partial charge in [0, 0.05) is 0 Å². The maximum absolute atomic E-state index is 4.25. The fraction of sp³-hybridized carbons (Fsp3) is 0.833. The molecule has 12 heavy (non-hydrogen) atoms. The predicted octanol–water partition coefficient (Wildman–Crippen LogP) is 4.17. The molecule has 0 heterocycles. The fourth-order valence-electron chi connectivity index (χ4n) is 2.00. The van der Waals surface area contributed by atoms with Gasteiger partial charge in [0.1, 0.15) is 0 Å². The third-order valence-corrected chi connectivity index (χ3v) is 2.90. The molecule has 0 spiro atoms. The molecule has 0 bridgehead atoms. The predicted molar refractivity (Wildman–Crippen MR) is 55.2 cm³/mol. The van der Waals surface area contributed by atoms with Crippen molar-refractivity contribution in [1.82, 2.24) is 0 Å². The molecule has 1 aliphatic carbocycles. The van der Waals surface area contributed by atoms with Crippen LogP contribution >= 0.6 is 0 Å². The van der Waals surface area contributed by atoms with Crippen LogP contribution in [0.25, 0.3) is 0 Å². The summed E-state index contributed by atoms with van der Waals surface area (Å²) in [7, 11) is 0. The molecule has 1 fully saturated rings. The summed E-state index contributed by atoms with van der Waals surface area (Å²) in [5.74, 6) is 1.75. The lowest BCUT2D eigenvalue weighted by Gasteiger charge is -2.17. The van der Waals surface area contributed by atoms with E-state index in [1.165, 1.54) is 38.5 Å². The first-order valence-corrected chi connectivity index (χ1v) is 5.48. The van der Waals surface area contributed by atoms with Crippen LogP contribution in [0.3, 0.4) is 0 Å². The molecule has 0 heteroatoms. The van der Waals surface area contributed by atoms with E-state index in [1.807, 2.05) is 0 Å². The monoisotopic (exact) mass is 166 g/mol. The van der Waals surface area contributed by atoms with E-state index in [1.54, 1.807) is 5.57 Å². The summed E-state index contributed by atoms with van der Waals surface area (Å²) in [6, 6.07) is 0. The molecule has 0 atom stereocenters. The van der Waals surface area contributed by atoms with Gasteiger partial charge in [-0.1, -0.05) is 38.8 Å². The first kappa shape index (κ1) is 9.83. The van der Waals surface area contributed by atoms with E-state index in [2.05, 4.69) is 20.4 Å². The average Bonchev–Trinajstić information content (AvgIpc) is 2.85. The standard InChI is InChI=1S/C12H22/c1-4-6-11(7-5-2)10(3)12-8-9-12/h11-12H,3-9H2,1-2H3. The first-order valence-electron chi connectivity index (χ1n) is 5.48. The van der Waals surface area contributed by atoms with Gasteiger partial charge in [-0.05, 0) is 37.5 Å². The summed E-state index contributed by atoms with van der Waals surface area (Å²) in [5.41, 5.74) is 1.57.